The van der Waals surface area contributed by atoms with E-state index < -0.39 is 86.0 Å². The lowest BCUT2D eigenvalue weighted by molar-refractivity contribution is -0.374. The first kappa shape index (κ1) is 38.4. The molecular weight excluding hydrogens is 676 g/mol. The van der Waals surface area contributed by atoms with E-state index in [0.29, 0.717) is 48.3 Å². The van der Waals surface area contributed by atoms with Crippen LogP contribution in [0, 0.1) is 52.3 Å². The fraction of sp³-hybridized carbons (Fsp3) is 1.00. The van der Waals surface area contributed by atoms with Crippen LogP contribution in [0.3, 0.4) is 0 Å². The predicted molar refractivity (Wildman–Crippen MR) is 183 cm³/mol. The SMILES string of the molecule is C[C@H]1CC[C@@]2(OC1)O[C@H]1C[C@H]3[C@@H]4CC[C@H]5C[C@@H](O[C@@H]6O[C@H](CO)[C@@H](O)[C@H](O)[C@H]6O[C@@H]6O[C@@H](C)[C@H](O)[C@@H](O)[C@H]6O)[C@H](O)C[C@]5(C)[C@H]4CC[C@]3(C)[C@H]1[C@@H]2C. The van der Waals surface area contributed by atoms with Gasteiger partial charge in [0.2, 0.25) is 0 Å². The standard InChI is InChI=1S/C39H64O13/c1-17-8-11-39(47-16-17)18(2)28-26(52-39)13-23-21-7-6-20-12-25(24(41)14-38(20,5)22(21)9-10-37(23,28)4)49-36-34(32(45)30(43)27(15-40)50-36)51-35-33(46)31(44)29(42)19(3)48-35/h17-36,40-46H,6-16H2,1-5H3/t17-,18-,19-,20-,21+,22-,23-,24+,25+,26-,27+,28-,29-,30+,31+,32-,33+,34+,35-,36+,37-,38-,39+/m0/s1. The normalized spacial score (nSPS) is 60.5. The number of hydrogen-bond donors (Lipinski definition) is 7. The molecule has 8 aliphatic rings. The molecular formula is C39H64O13. The summed E-state index contributed by atoms with van der Waals surface area (Å²) in [6, 6.07) is 0. The van der Waals surface area contributed by atoms with Crippen LogP contribution >= 0.6 is 0 Å². The highest BCUT2D eigenvalue weighted by molar-refractivity contribution is 5.16. The van der Waals surface area contributed by atoms with Gasteiger partial charge in [0.1, 0.15) is 42.7 Å². The molecule has 7 N–H and O–H groups in total. The minimum absolute atomic E-state index is 0.0859. The van der Waals surface area contributed by atoms with Crippen molar-refractivity contribution in [3.8, 4) is 0 Å². The maximum Gasteiger partial charge on any atom is 0.187 e. The highest BCUT2D eigenvalue weighted by Gasteiger charge is 2.69. The molecule has 0 radical (unpaired) electrons. The van der Waals surface area contributed by atoms with Crippen LogP contribution < -0.4 is 0 Å². The fourth-order valence-corrected chi connectivity index (χ4v) is 13.2. The quantitative estimate of drug-likeness (QED) is 0.200. The van der Waals surface area contributed by atoms with Crippen molar-refractivity contribution in [1.82, 2.24) is 0 Å². The molecule has 13 nitrogen and oxygen atoms in total. The number of hydrogen-bond acceptors (Lipinski definition) is 13. The molecule has 0 amide bonds. The summed E-state index contributed by atoms with van der Waals surface area (Å²) in [7, 11) is 0. The van der Waals surface area contributed by atoms with E-state index in [1.807, 2.05) is 0 Å². The van der Waals surface area contributed by atoms with E-state index in [1.54, 1.807) is 0 Å². The number of aliphatic hydroxyl groups excluding tert-OH is 7. The zero-order valence-electron chi connectivity index (χ0n) is 31.4. The van der Waals surface area contributed by atoms with Crippen LogP contribution in [0.15, 0.2) is 0 Å². The second-order valence-corrected chi connectivity index (χ2v) is 18.8. The van der Waals surface area contributed by atoms with Crippen molar-refractivity contribution in [2.24, 2.45) is 52.3 Å². The Balaban J connectivity index is 0.962. The van der Waals surface area contributed by atoms with Gasteiger partial charge in [-0.2, -0.15) is 0 Å². The van der Waals surface area contributed by atoms with Gasteiger partial charge >= 0.3 is 0 Å². The summed E-state index contributed by atoms with van der Waals surface area (Å²) in [5, 5.41) is 74.8. The van der Waals surface area contributed by atoms with Gasteiger partial charge < -0.3 is 64.2 Å². The first-order valence-corrected chi connectivity index (χ1v) is 20.2. The van der Waals surface area contributed by atoms with Crippen molar-refractivity contribution in [3.05, 3.63) is 0 Å². The molecule has 4 heterocycles. The van der Waals surface area contributed by atoms with Gasteiger partial charge in [0.25, 0.3) is 0 Å². The summed E-state index contributed by atoms with van der Waals surface area (Å²) in [4.78, 5) is 0. The molecule has 0 unspecified atom stereocenters. The highest BCUT2D eigenvalue weighted by Crippen LogP contribution is 2.71. The summed E-state index contributed by atoms with van der Waals surface area (Å²) in [5.41, 5.74) is 0.115. The molecule has 4 saturated carbocycles. The third kappa shape index (κ3) is 5.89. The van der Waals surface area contributed by atoms with Gasteiger partial charge in [0.05, 0.1) is 37.6 Å². The smallest absolute Gasteiger partial charge is 0.187 e. The Labute approximate surface area is 307 Å². The van der Waals surface area contributed by atoms with Crippen LogP contribution in [0.25, 0.3) is 0 Å². The van der Waals surface area contributed by atoms with Crippen molar-refractivity contribution in [2.45, 2.75) is 178 Å². The number of ether oxygens (including phenoxy) is 6. The number of rotatable bonds is 5. The molecule has 52 heavy (non-hydrogen) atoms. The van der Waals surface area contributed by atoms with E-state index in [4.69, 9.17) is 28.4 Å². The summed E-state index contributed by atoms with van der Waals surface area (Å²) in [5.74, 6) is 2.91. The molecule has 0 aromatic rings. The Morgan fingerprint density at radius 3 is 2.21 bits per heavy atom. The van der Waals surface area contributed by atoms with Crippen LogP contribution in [0.5, 0.6) is 0 Å². The molecule has 23 atom stereocenters. The first-order chi connectivity index (χ1) is 24.6. The van der Waals surface area contributed by atoms with E-state index in [0.717, 1.165) is 51.6 Å². The Bertz CT molecular complexity index is 1280. The van der Waals surface area contributed by atoms with Crippen LogP contribution in [0.1, 0.15) is 92.4 Å². The maximum absolute atomic E-state index is 11.8. The Morgan fingerprint density at radius 1 is 0.731 bits per heavy atom. The van der Waals surface area contributed by atoms with Gasteiger partial charge in [-0.25, -0.2) is 0 Å². The third-order valence-corrected chi connectivity index (χ3v) is 16.2. The molecule has 8 rings (SSSR count). The molecule has 0 aromatic carbocycles. The van der Waals surface area contributed by atoms with E-state index in [-0.39, 0.29) is 22.9 Å². The van der Waals surface area contributed by atoms with Gasteiger partial charge in [-0.3, -0.25) is 0 Å². The molecule has 4 aliphatic carbocycles. The van der Waals surface area contributed by atoms with Crippen molar-refractivity contribution in [1.29, 1.82) is 0 Å². The molecule has 0 bridgehead atoms. The van der Waals surface area contributed by atoms with Gasteiger partial charge in [-0.1, -0.05) is 27.7 Å². The van der Waals surface area contributed by atoms with Gasteiger partial charge in [-0.15, -0.1) is 0 Å². The molecule has 1 spiro atoms. The van der Waals surface area contributed by atoms with Crippen LogP contribution in [0.2, 0.25) is 0 Å². The minimum atomic E-state index is -1.65. The number of aliphatic hydroxyl groups is 7. The predicted octanol–water partition coefficient (Wildman–Crippen LogP) is 1.44. The van der Waals surface area contributed by atoms with Crippen molar-refractivity contribution < 1.29 is 64.2 Å². The summed E-state index contributed by atoms with van der Waals surface area (Å²) >= 11 is 0. The molecule has 298 valence electrons. The van der Waals surface area contributed by atoms with E-state index in [2.05, 4.69) is 27.7 Å². The van der Waals surface area contributed by atoms with E-state index in [9.17, 15) is 35.7 Å². The Morgan fingerprint density at radius 2 is 1.50 bits per heavy atom. The van der Waals surface area contributed by atoms with Crippen LogP contribution in [-0.4, -0.2) is 134 Å². The first-order valence-electron chi connectivity index (χ1n) is 20.2. The lowest BCUT2D eigenvalue weighted by atomic mass is 9.44. The summed E-state index contributed by atoms with van der Waals surface area (Å²) in [6.07, 6.45) is -6.51. The molecule has 4 aliphatic heterocycles. The second kappa shape index (κ2) is 13.8. The van der Waals surface area contributed by atoms with E-state index in [1.165, 1.54) is 6.92 Å². The molecule has 8 fully saturated rings. The number of fused-ring (bicyclic) bond motifs is 7. The van der Waals surface area contributed by atoms with Crippen LogP contribution in [-0.2, 0) is 28.4 Å². The molecule has 4 saturated heterocycles. The Kier molecular flexibility index (Phi) is 10.2. The van der Waals surface area contributed by atoms with Crippen molar-refractivity contribution in [2.75, 3.05) is 13.2 Å². The maximum atomic E-state index is 11.8. The largest absolute Gasteiger partial charge is 0.394 e. The topological polar surface area (TPSA) is 197 Å². The lowest BCUT2D eigenvalue weighted by Gasteiger charge is -2.62. The van der Waals surface area contributed by atoms with Gasteiger partial charge in [0.15, 0.2) is 18.4 Å². The average Bonchev–Trinajstić information content (AvgIpc) is 3.56. The molecule has 13 heteroatoms. The second-order valence-electron chi connectivity index (χ2n) is 18.8. The molecule has 0 aromatic heterocycles. The third-order valence-electron chi connectivity index (χ3n) is 16.2. The summed E-state index contributed by atoms with van der Waals surface area (Å²) in [6.45, 7) is 11.2. The average molecular weight is 741 g/mol. The minimum Gasteiger partial charge on any atom is -0.394 e. The monoisotopic (exact) mass is 740 g/mol. The lowest BCUT2D eigenvalue weighted by Crippen LogP contribution is -2.65. The zero-order valence-corrected chi connectivity index (χ0v) is 31.4. The van der Waals surface area contributed by atoms with Crippen LogP contribution in [0.4, 0.5) is 0 Å². The van der Waals surface area contributed by atoms with Gasteiger partial charge in [-0.05, 0) is 105 Å². The Hall–Kier alpha value is -0.520. The van der Waals surface area contributed by atoms with E-state index >= 15 is 0 Å². The zero-order chi connectivity index (χ0) is 37.1. The van der Waals surface area contributed by atoms with Crippen molar-refractivity contribution >= 4 is 0 Å². The summed E-state index contributed by atoms with van der Waals surface area (Å²) < 4.78 is 37.4. The highest BCUT2D eigenvalue weighted by atomic mass is 16.8. The fourth-order valence-electron chi connectivity index (χ4n) is 13.2. The van der Waals surface area contributed by atoms with Gasteiger partial charge in [0, 0.05) is 12.3 Å². The van der Waals surface area contributed by atoms with Crippen molar-refractivity contribution in [3.63, 3.8) is 0 Å².